The minimum absolute atomic E-state index is 0.0537. The van der Waals surface area contributed by atoms with Crippen molar-refractivity contribution in [1.29, 1.82) is 0 Å². The summed E-state index contributed by atoms with van der Waals surface area (Å²) in [4.78, 5) is 23.1. The van der Waals surface area contributed by atoms with Gasteiger partial charge in [-0.15, -0.1) is 0 Å². The van der Waals surface area contributed by atoms with Crippen molar-refractivity contribution in [3.05, 3.63) is 89.7 Å². The Labute approximate surface area is 166 Å². The fourth-order valence-corrected chi connectivity index (χ4v) is 2.98. The highest BCUT2D eigenvalue weighted by atomic mass is 16.2. The molecule has 0 spiro atoms. The van der Waals surface area contributed by atoms with Crippen LogP contribution in [0.15, 0.2) is 73.1 Å². The Morgan fingerprint density at radius 3 is 2.14 bits per heavy atom. The minimum Gasteiger partial charge on any atom is -0.354 e. The Morgan fingerprint density at radius 2 is 1.54 bits per heavy atom. The van der Waals surface area contributed by atoms with Crippen LogP contribution < -0.4 is 5.32 Å². The molecule has 3 aromatic rings. The van der Waals surface area contributed by atoms with Gasteiger partial charge in [-0.05, 0) is 30.9 Å². The highest BCUT2D eigenvalue weighted by molar-refractivity contribution is 5.93. The normalized spacial score (nSPS) is 10.5. The molecule has 0 radical (unpaired) electrons. The highest BCUT2D eigenvalue weighted by Crippen LogP contribution is 2.10. The van der Waals surface area contributed by atoms with Crippen molar-refractivity contribution in [3.63, 3.8) is 0 Å². The van der Waals surface area contributed by atoms with E-state index in [1.807, 2.05) is 43.3 Å². The van der Waals surface area contributed by atoms with Crippen molar-refractivity contribution in [3.8, 4) is 0 Å². The lowest BCUT2D eigenvalue weighted by atomic mass is 10.1. The van der Waals surface area contributed by atoms with Crippen LogP contribution in [-0.4, -0.2) is 33.9 Å². The van der Waals surface area contributed by atoms with Gasteiger partial charge >= 0.3 is 0 Å². The summed E-state index contributed by atoms with van der Waals surface area (Å²) in [5.74, 6) is 0.498. The summed E-state index contributed by atoms with van der Waals surface area (Å²) in [6.07, 6.45) is 5.20. The molecule has 0 unspecified atom stereocenters. The first-order valence-electron chi connectivity index (χ1n) is 9.69. The Kier molecular flexibility index (Phi) is 7.13. The Morgan fingerprint density at radius 1 is 0.929 bits per heavy atom. The fourth-order valence-electron chi connectivity index (χ4n) is 2.98. The number of hydrogen-bond acceptors (Lipinski definition) is 4. The quantitative estimate of drug-likeness (QED) is 0.571. The van der Waals surface area contributed by atoms with Crippen LogP contribution in [0.1, 0.15) is 34.8 Å². The van der Waals surface area contributed by atoms with Gasteiger partial charge in [0.25, 0.3) is 5.91 Å². The number of anilines is 1. The maximum atomic E-state index is 12.7. The van der Waals surface area contributed by atoms with Crippen molar-refractivity contribution in [2.45, 2.75) is 26.3 Å². The molecule has 1 N–H and O–H groups in total. The molecule has 1 heterocycles. The van der Waals surface area contributed by atoms with E-state index < -0.39 is 0 Å². The minimum atomic E-state index is -0.0537. The second-order valence-corrected chi connectivity index (χ2v) is 6.62. The Hall–Kier alpha value is -3.21. The first-order chi connectivity index (χ1) is 13.8. The van der Waals surface area contributed by atoms with E-state index in [4.69, 9.17) is 0 Å². The van der Waals surface area contributed by atoms with Gasteiger partial charge in [0, 0.05) is 32.0 Å². The van der Waals surface area contributed by atoms with E-state index in [0.717, 1.165) is 24.9 Å². The number of carbonyl (C=O) groups excluding carboxylic acids is 1. The molecule has 0 saturated heterocycles. The molecule has 28 heavy (non-hydrogen) atoms. The third-order valence-corrected chi connectivity index (χ3v) is 4.55. The maximum Gasteiger partial charge on any atom is 0.257 e. The van der Waals surface area contributed by atoms with Crippen molar-refractivity contribution in [2.75, 3.05) is 18.4 Å². The molecule has 3 rings (SSSR count). The SMILES string of the molecule is CCN(Cc1ccccc1)C(=O)c1cnc(NCCCc2ccccc2)nc1. The topological polar surface area (TPSA) is 58.1 Å². The van der Waals surface area contributed by atoms with E-state index in [-0.39, 0.29) is 5.91 Å². The average Bonchev–Trinajstić information content (AvgIpc) is 2.76. The zero-order valence-electron chi connectivity index (χ0n) is 16.2. The smallest absolute Gasteiger partial charge is 0.257 e. The number of aryl methyl sites for hydroxylation is 1. The number of nitrogens with zero attached hydrogens (tertiary/aromatic N) is 3. The molecule has 0 aliphatic rings. The zero-order chi connectivity index (χ0) is 19.6. The maximum absolute atomic E-state index is 12.7. The van der Waals surface area contributed by atoms with Crippen LogP contribution in [0.25, 0.3) is 0 Å². The van der Waals surface area contributed by atoms with Gasteiger partial charge in [-0.25, -0.2) is 9.97 Å². The highest BCUT2D eigenvalue weighted by Gasteiger charge is 2.15. The molecule has 0 aliphatic carbocycles. The van der Waals surface area contributed by atoms with Crippen molar-refractivity contribution < 1.29 is 4.79 Å². The number of benzene rings is 2. The number of nitrogens with one attached hydrogen (secondary N) is 1. The number of carbonyl (C=O) groups is 1. The summed E-state index contributed by atoms with van der Waals surface area (Å²) in [5, 5.41) is 3.22. The first kappa shape index (κ1) is 19.5. The monoisotopic (exact) mass is 374 g/mol. The summed E-state index contributed by atoms with van der Waals surface area (Å²) in [5.41, 5.74) is 2.94. The van der Waals surface area contributed by atoms with Crippen LogP contribution in [0.4, 0.5) is 5.95 Å². The average molecular weight is 374 g/mol. The summed E-state index contributed by atoms with van der Waals surface area (Å²) < 4.78 is 0. The van der Waals surface area contributed by atoms with Crippen molar-refractivity contribution in [1.82, 2.24) is 14.9 Å². The van der Waals surface area contributed by atoms with E-state index >= 15 is 0 Å². The standard InChI is InChI=1S/C23H26N4O/c1-2-27(18-20-12-7-4-8-13-20)22(28)21-16-25-23(26-17-21)24-15-9-14-19-10-5-3-6-11-19/h3-8,10-13,16-17H,2,9,14-15,18H2,1H3,(H,24,25,26). The number of hydrogen-bond donors (Lipinski definition) is 1. The molecule has 5 heteroatoms. The van der Waals surface area contributed by atoms with E-state index in [9.17, 15) is 4.79 Å². The molecular weight excluding hydrogens is 348 g/mol. The molecular formula is C23H26N4O. The van der Waals surface area contributed by atoms with Gasteiger partial charge in [0.05, 0.1) is 5.56 Å². The van der Waals surface area contributed by atoms with Crippen molar-refractivity contribution in [2.24, 2.45) is 0 Å². The summed E-state index contributed by atoms with van der Waals surface area (Å²) in [6, 6.07) is 20.4. The van der Waals surface area contributed by atoms with Crippen LogP contribution >= 0.6 is 0 Å². The van der Waals surface area contributed by atoms with Gasteiger partial charge in [-0.1, -0.05) is 60.7 Å². The van der Waals surface area contributed by atoms with Gasteiger partial charge in [0.1, 0.15) is 0 Å². The molecule has 0 fully saturated rings. The Balaban J connectivity index is 1.50. The van der Waals surface area contributed by atoms with Gasteiger partial charge in [0.15, 0.2) is 0 Å². The van der Waals surface area contributed by atoms with Gasteiger partial charge < -0.3 is 10.2 Å². The summed E-state index contributed by atoms with van der Waals surface area (Å²) in [6.45, 7) is 3.98. The molecule has 0 aliphatic heterocycles. The van der Waals surface area contributed by atoms with Crippen LogP contribution in [0, 0.1) is 0 Å². The van der Waals surface area contributed by atoms with E-state index in [2.05, 4.69) is 39.6 Å². The lowest BCUT2D eigenvalue weighted by Crippen LogP contribution is -2.30. The molecule has 1 amide bonds. The van der Waals surface area contributed by atoms with E-state index in [1.165, 1.54) is 5.56 Å². The van der Waals surface area contributed by atoms with Gasteiger partial charge in [-0.2, -0.15) is 0 Å². The van der Waals surface area contributed by atoms with E-state index in [1.54, 1.807) is 17.3 Å². The van der Waals surface area contributed by atoms with E-state index in [0.29, 0.717) is 24.6 Å². The van der Waals surface area contributed by atoms with Crippen LogP contribution in [0.5, 0.6) is 0 Å². The summed E-state index contributed by atoms with van der Waals surface area (Å²) >= 11 is 0. The van der Waals surface area contributed by atoms with Gasteiger partial charge in [0.2, 0.25) is 5.95 Å². The predicted molar refractivity (Wildman–Crippen MR) is 112 cm³/mol. The molecule has 5 nitrogen and oxygen atoms in total. The largest absolute Gasteiger partial charge is 0.354 e. The second kappa shape index (κ2) is 10.2. The lowest BCUT2D eigenvalue weighted by molar-refractivity contribution is 0.0751. The molecule has 1 aromatic heterocycles. The molecule has 0 atom stereocenters. The van der Waals surface area contributed by atoms with Crippen molar-refractivity contribution >= 4 is 11.9 Å². The third kappa shape index (κ3) is 5.64. The second-order valence-electron chi connectivity index (χ2n) is 6.62. The van der Waals surface area contributed by atoms with Crippen LogP contribution in [-0.2, 0) is 13.0 Å². The predicted octanol–water partition coefficient (Wildman–Crippen LogP) is 4.18. The lowest BCUT2D eigenvalue weighted by Gasteiger charge is -2.20. The fraction of sp³-hybridized carbons (Fsp3) is 0.261. The number of amides is 1. The Bertz CT molecular complexity index is 851. The molecule has 0 bridgehead atoms. The summed E-state index contributed by atoms with van der Waals surface area (Å²) in [7, 11) is 0. The van der Waals surface area contributed by atoms with Crippen LogP contribution in [0.3, 0.4) is 0 Å². The third-order valence-electron chi connectivity index (χ3n) is 4.55. The van der Waals surface area contributed by atoms with Crippen LogP contribution in [0.2, 0.25) is 0 Å². The zero-order valence-corrected chi connectivity index (χ0v) is 16.2. The molecule has 144 valence electrons. The van der Waals surface area contributed by atoms with Gasteiger partial charge in [-0.3, -0.25) is 4.79 Å². The first-order valence-corrected chi connectivity index (χ1v) is 9.69. The number of aromatic nitrogens is 2. The molecule has 2 aromatic carbocycles. The molecule has 0 saturated carbocycles. The number of rotatable bonds is 9.